The normalized spacial score (nSPS) is 18.4. The first-order chi connectivity index (χ1) is 12.6. The highest BCUT2D eigenvalue weighted by Crippen LogP contribution is 2.31. The van der Waals surface area contributed by atoms with Crippen molar-refractivity contribution in [1.29, 1.82) is 0 Å². The minimum atomic E-state index is 0. The van der Waals surface area contributed by atoms with Gasteiger partial charge in [0, 0.05) is 36.4 Å². The number of nitrogens with two attached hydrogens (primary N) is 1. The summed E-state index contributed by atoms with van der Waals surface area (Å²) in [7, 11) is 0. The van der Waals surface area contributed by atoms with Gasteiger partial charge in [-0.05, 0) is 42.6 Å². The molecule has 7 heteroatoms. The molecule has 2 N–H and O–H groups in total. The second-order valence-electron chi connectivity index (χ2n) is 7.31. The van der Waals surface area contributed by atoms with Crippen LogP contribution in [0.25, 0.3) is 22.2 Å². The third-order valence-electron chi connectivity index (χ3n) is 5.24. The summed E-state index contributed by atoms with van der Waals surface area (Å²) < 4.78 is 0. The Labute approximate surface area is 177 Å². The van der Waals surface area contributed by atoms with Crippen LogP contribution >= 0.6 is 24.8 Å². The maximum absolute atomic E-state index is 13.3. The summed E-state index contributed by atoms with van der Waals surface area (Å²) in [5.41, 5.74) is 9.09. The van der Waals surface area contributed by atoms with Crippen LogP contribution in [0.1, 0.15) is 23.7 Å². The maximum atomic E-state index is 13.3. The van der Waals surface area contributed by atoms with Gasteiger partial charge in [0.1, 0.15) is 0 Å². The molecule has 1 aromatic carbocycles. The summed E-state index contributed by atoms with van der Waals surface area (Å²) in [4.78, 5) is 24.1. The van der Waals surface area contributed by atoms with Crippen molar-refractivity contribution in [3.8, 4) is 11.3 Å². The van der Waals surface area contributed by atoms with Crippen LogP contribution in [-0.2, 0) is 0 Å². The molecule has 0 bridgehead atoms. The van der Waals surface area contributed by atoms with E-state index in [1.807, 2.05) is 47.4 Å². The van der Waals surface area contributed by atoms with Gasteiger partial charge in [-0.3, -0.25) is 9.78 Å². The van der Waals surface area contributed by atoms with Crippen LogP contribution in [0.5, 0.6) is 0 Å². The lowest BCUT2D eigenvalue weighted by molar-refractivity contribution is 0.0779. The Balaban J connectivity index is 0.00000140. The fourth-order valence-corrected chi connectivity index (χ4v) is 3.55. The summed E-state index contributed by atoms with van der Waals surface area (Å²) >= 11 is 0. The van der Waals surface area contributed by atoms with Crippen LogP contribution < -0.4 is 5.73 Å². The van der Waals surface area contributed by atoms with Gasteiger partial charge in [0.05, 0.1) is 16.8 Å². The van der Waals surface area contributed by atoms with E-state index < -0.39 is 0 Å². The van der Waals surface area contributed by atoms with Gasteiger partial charge >= 0.3 is 0 Å². The van der Waals surface area contributed by atoms with E-state index in [2.05, 4.69) is 11.9 Å². The van der Waals surface area contributed by atoms with E-state index in [9.17, 15) is 4.79 Å². The number of hydrogen-bond donors (Lipinski definition) is 1. The second-order valence-corrected chi connectivity index (χ2v) is 7.31. The third kappa shape index (κ3) is 4.12. The lowest BCUT2D eigenvalue weighted by atomic mass is 9.90. The first-order valence-electron chi connectivity index (χ1n) is 8.89. The van der Waals surface area contributed by atoms with Crippen molar-refractivity contribution >= 4 is 41.6 Å². The number of para-hydroxylation sites is 1. The zero-order valence-corrected chi connectivity index (χ0v) is 17.3. The number of benzene rings is 1. The van der Waals surface area contributed by atoms with Crippen LogP contribution in [0, 0.1) is 5.41 Å². The van der Waals surface area contributed by atoms with E-state index in [1.54, 1.807) is 12.4 Å². The zero-order chi connectivity index (χ0) is 18.1. The molecule has 1 amide bonds. The van der Waals surface area contributed by atoms with Gasteiger partial charge in [0.15, 0.2) is 0 Å². The number of carbonyl (C=O) groups excluding carboxylic acids is 1. The van der Waals surface area contributed by atoms with Gasteiger partial charge in [-0.25, -0.2) is 4.98 Å². The Bertz CT molecular complexity index is 967. The van der Waals surface area contributed by atoms with Crippen LogP contribution in [0.4, 0.5) is 0 Å². The number of hydrogen-bond acceptors (Lipinski definition) is 4. The molecule has 4 rings (SSSR count). The van der Waals surface area contributed by atoms with Crippen LogP contribution in [-0.4, -0.2) is 40.4 Å². The molecule has 0 radical (unpaired) electrons. The molecule has 1 fully saturated rings. The molecule has 1 saturated heterocycles. The van der Waals surface area contributed by atoms with E-state index in [4.69, 9.17) is 10.7 Å². The van der Waals surface area contributed by atoms with Crippen molar-refractivity contribution in [2.45, 2.75) is 13.3 Å². The summed E-state index contributed by atoms with van der Waals surface area (Å²) in [6.45, 7) is 4.17. The van der Waals surface area contributed by atoms with Gasteiger partial charge in [0.25, 0.3) is 5.91 Å². The number of halogens is 2. The Morgan fingerprint density at radius 1 is 1.21 bits per heavy atom. The number of rotatable bonds is 3. The topological polar surface area (TPSA) is 72.1 Å². The van der Waals surface area contributed by atoms with E-state index in [0.29, 0.717) is 18.7 Å². The van der Waals surface area contributed by atoms with E-state index in [1.165, 1.54) is 0 Å². The van der Waals surface area contributed by atoms with Crippen LogP contribution in [0.15, 0.2) is 54.9 Å². The van der Waals surface area contributed by atoms with E-state index in [0.717, 1.165) is 35.1 Å². The Morgan fingerprint density at radius 2 is 2.00 bits per heavy atom. The second kappa shape index (κ2) is 8.86. The number of carbonyl (C=O) groups is 1. The van der Waals surface area contributed by atoms with Crippen molar-refractivity contribution in [3.05, 3.63) is 60.4 Å². The first kappa shape index (κ1) is 22.1. The highest BCUT2D eigenvalue weighted by atomic mass is 35.5. The Kier molecular flexibility index (Phi) is 6.99. The molecule has 2 aromatic heterocycles. The lowest BCUT2D eigenvalue weighted by Crippen LogP contribution is -2.34. The number of pyridine rings is 2. The van der Waals surface area contributed by atoms with E-state index >= 15 is 0 Å². The average molecular weight is 419 g/mol. The predicted molar refractivity (Wildman–Crippen MR) is 117 cm³/mol. The quantitative estimate of drug-likeness (QED) is 0.698. The monoisotopic (exact) mass is 418 g/mol. The molecular formula is C21H24Cl2N4O. The minimum Gasteiger partial charge on any atom is -0.338 e. The zero-order valence-electron chi connectivity index (χ0n) is 15.7. The fourth-order valence-electron chi connectivity index (χ4n) is 3.55. The molecule has 3 aromatic rings. The standard InChI is InChI=1S/C21H22N4O.2ClH/c1-21(13-22)8-10-25(14-21)20(26)17-11-19(15-5-4-9-23-12-15)24-18-7-3-2-6-16(17)18;;/h2-7,9,11-12H,8,10,13-14,22H2,1H3;2*1H. The Morgan fingerprint density at radius 3 is 2.68 bits per heavy atom. The van der Waals surface area contributed by atoms with Gasteiger partial charge in [-0.15, -0.1) is 24.8 Å². The highest BCUT2D eigenvalue weighted by Gasteiger charge is 2.35. The fraction of sp³-hybridized carbons (Fsp3) is 0.286. The average Bonchev–Trinajstić information content (AvgIpc) is 3.10. The van der Waals surface area contributed by atoms with Crippen LogP contribution in [0.2, 0.25) is 0 Å². The number of fused-ring (bicyclic) bond motifs is 1. The molecule has 5 nitrogen and oxygen atoms in total. The van der Waals surface area contributed by atoms with Gasteiger partial charge in [-0.2, -0.15) is 0 Å². The van der Waals surface area contributed by atoms with E-state index in [-0.39, 0.29) is 36.1 Å². The molecular weight excluding hydrogens is 395 g/mol. The number of amides is 1. The van der Waals surface area contributed by atoms with Crippen molar-refractivity contribution in [1.82, 2.24) is 14.9 Å². The Hall–Kier alpha value is -2.21. The van der Waals surface area contributed by atoms with Crippen molar-refractivity contribution in [2.75, 3.05) is 19.6 Å². The van der Waals surface area contributed by atoms with Crippen molar-refractivity contribution in [3.63, 3.8) is 0 Å². The van der Waals surface area contributed by atoms with Crippen LogP contribution in [0.3, 0.4) is 0 Å². The number of likely N-dealkylation sites (tertiary alicyclic amines) is 1. The molecule has 0 aliphatic carbocycles. The molecule has 0 saturated carbocycles. The van der Waals surface area contributed by atoms with Gasteiger partial charge in [0.2, 0.25) is 0 Å². The molecule has 148 valence electrons. The van der Waals surface area contributed by atoms with Crippen molar-refractivity contribution in [2.24, 2.45) is 11.1 Å². The number of aromatic nitrogens is 2. The largest absolute Gasteiger partial charge is 0.338 e. The van der Waals surface area contributed by atoms with Gasteiger partial charge < -0.3 is 10.6 Å². The van der Waals surface area contributed by atoms with Gasteiger partial charge in [-0.1, -0.05) is 25.1 Å². The highest BCUT2D eigenvalue weighted by molar-refractivity contribution is 6.07. The summed E-state index contributed by atoms with van der Waals surface area (Å²) in [6.07, 6.45) is 4.44. The summed E-state index contributed by atoms with van der Waals surface area (Å²) in [5, 5.41) is 0.881. The molecule has 0 spiro atoms. The third-order valence-corrected chi connectivity index (χ3v) is 5.24. The molecule has 1 aliphatic heterocycles. The first-order valence-corrected chi connectivity index (χ1v) is 8.89. The lowest BCUT2D eigenvalue weighted by Gasteiger charge is -2.23. The maximum Gasteiger partial charge on any atom is 0.254 e. The molecule has 1 aliphatic rings. The summed E-state index contributed by atoms with van der Waals surface area (Å²) in [6, 6.07) is 13.5. The predicted octanol–water partition coefficient (Wildman–Crippen LogP) is 3.95. The minimum absolute atomic E-state index is 0. The number of nitrogens with zero attached hydrogens (tertiary/aromatic N) is 3. The van der Waals surface area contributed by atoms with Crippen molar-refractivity contribution < 1.29 is 4.79 Å². The SMILES string of the molecule is CC1(CN)CCN(C(=O)c2cc(-c3cccnc3)nc3ccccc23)C1.Cl.Cl. The molecule has 3 heterocycles. The molecule has 28 heavy (non-hydrogen) atoms. The molecule has 1 atom stereocenters. The molecule has 1 unspecified atom stereocenters. The summed E-state index contributed by atoms with van der Waals surface area (Å²) in [5.74, 6) is 0.0471. The smallest absolute Gasteiger partial charge is 0.254 e.